The molecular weight excluding hydrogens is 545 g/mol. The van der Waals surface area contributed by atoms with Crippen molar-refractivity contribution in [3.63, 3.8) is 0 Å². The second-order valence-corrected chi connectivity index (χ2v) is 12.2. The third kappa shape index (κ3) is 7.24. The minimum atomic E-state index is -4.34. The number of aryl methyl sites for hydroxylation is 1. The summed E-state index contributed by atoms with van der Waals surface area (Å²) in [5.74, 6) is -1.12. The Morgan fingerprint density at radius 1 is 1.00 bits per heavy atom. The van der Waals surface area contributed by atoms with Crippen molar-refractivity contribution < 1.29 is 27.1 Å². The Morgan fingerprint density at radius 3 is 2.24 bits per heavy atom. The summed E-state index contributed by atoms with van der Waals surface area (Å²) in [5, 5.41) is 3.03. The average molecular weight is 582 g/mol. The van der Waals surface area contributed by atoms with Crippen LogP contribution < -0.4 is 14.4 Å². The van der Waals surface area contributed by atoms with Crippen LogP contribution in [0.4, 0.5) is 10.1 Å². The molecule has 1 aliphatic carbocycles. The quantitative estimate of drug-likeness (QED) is 0.351. The molecule has 0 unspecified atom stereocenters. The Kier molecular flexibility index (Phi) is 9.65. The number of para-hydroxylation sites is 1. The van der Waals surface area contributed by atoms with E-state index in [0.29, 0.717) is 5.75 Å². The monoisotopic (exact) mass is 581 g/mol. The second-order valence-electron chi connectivity index (χ2n) is 10.3. The number of rotatable bonds is 11. The molecule has 0 bridgehead atoms. The van der Waals surface area contributed by atoms with E-state index in [0.717, 1.165) is 47.2 Å². The highest BCUT2D eigenvalue weighted by Crippen LogP contribution is 2.27. The summed E-state index contributed by atoms with van der Waals surface area (Å²) in [6, 6.07) is 17.7. The number of methoxy groups -OCH3 is 1. The van der Waals surface area contributed by atoms with Crippen LogP contribution in [0.25, 0.3) is 0 Å². The lowest BCUT2D eigenvalue weighted by Crippen LogP contribution is -2.52. The fourth-order valence-corrected chi connectivity index (χ4v) is 6.33. The highest BCUT2D eigenvalue weighted by Gasteiger charge is 2.34. The molecule has 1 aliphatic rings. The van der Waals surface area contributed by atoms with Crippen LogP contribution >= 0.6 is 0 Å². The van der Waals surface area contributed by atoms with E-state index in [-0.39, 0.29) is 29.1 Å². The smallest absolute Gasteiger partial charge is 0.264 e. The van der Waals surface area contributed by atoms with Crippen molar-refractivity contribution in [1.29, 1.82) is 0 Å². The van der Waals surface area contributed by atoms with Gasteiger partial charge in [0.05, 0.1) is 17.7 Å². The molecule has 1 saturated carbocycles. The summed E-state index contributed by atoms with van der Waals surface area (Å²) in [4.78, 5) is 28.5. The number of hydrogen-bond acceptors (Lipinski definition) is 5. The molecule has 1 fully saturated rings. The SMILES string of the molecule is COc1ccc(CN(C(=O)CN(c2ccccc2F)S(=O)(=O)c2ccc(C)cc2)[C@H](C)C(=O)NC2CCCC2)cc1. The number of amides is 2. The molecule has 0 radical (unpaired) electrons. The van der Waals surface area contributed by atoms with Crippen LogP contribution in [0.15, 0.2) is 77.7 Å². The van der Waals surface area contributed by atoms with E-state index in [1.54, 1.807) is 50.4 Å². The molecule has 0 spiro atoms. The molecule has 3 aromatic rings. The molecule has 0 saturated heterocycles. The van der Waals surface area contributed by atoms with Gasteiger partial charge in [-0.1, -0.05) is 54.8 Å². The fraction of sp³-hybridized carbons (Fsp3) is 0.355. The minimum Gasteiger partial charge on any atom is -0.497 e. The van der Waals surface area contributed by atoms with E-state index in [4.69, 9.17) is 4.74 Å². The van der Waals surface area contributed by atoms with E-state index < -0.39 is 34.3 Å². The predicted octanol–water partition coefficient (Wildman–Crippen LogP) is 4.81. The maximum atomic E-state index is 15.0. The number of ether oxygens (including phenoxy) is 1. The van der Waals surface area contributed by atoms with Gasteiger partial charge in [0.15, 0.2) is 0 Å². The largest absolute Gasteiger partial charge is 0.497 e. The van der Waals surface area contributed by atoms with Crippen molar-refractivity contribution >= 4 is 27.5 Å². The molecule has 0 aliphatic heterocycles. The van der Waals surface area contributed by atoms with E-state index >= 15 is 4.39 Å². The van der Waals surface area contributed by atoms with E-state index in [1.807, 2.05) is 6.92 Å². The molecule has 4 rings (SSSR count). The number of nitrogens with zero attached hydrogens (tertiary/aromatic N) is 2. The molecular formula is C31H36FN3O5S. The van der Waals surface area contributed by atoms with Gasteiger partial charge < -0.3 is 15.0 Å². The first-order valence-corrected chi connectivity index (χ1v) is 15.1. The number of hydrogen-bond donors (Lipinski definition) is 1. The Morgan fingerprint density at radius 2 is 1.63 bits per heavy atom. The summed E-state index contributed by atoms with van der Waals surface area (Å²) in [5.41, 5.74) is 1.32. The number of carbonyl (C=O) groups excluding carboxylic acids is 2. The molecule has 0 aromatic heterocycles. The van der Waals surface area contributed by atoms with Crippen molar-refractivity contribution in [2.75, 3.05) is 18.0 Å². The van der Waals surface area contributed by atoms with Crippen LogP contribution in [-0.4, -0.2) is 50.9 Å². The van der Waals surface area contributed by atoms with Crippen molar-refractivity contribution in [3.8, 4) is 5.75 Å². The topological polar surface area (TPSA) is 96.0 Å². The first-order valence-electron chi connectivity index (χ1n) is 13.7. The summed E-state index contributed by atoms with van der Waals surface area (Å²) < 4.78 is 48.7. The molecule has 41 heavy (non-hydrogen) atoms. The second kappa shape index (κ2) is 13.2. The molecule has 0 heterocycles. The summed E-state index contributed by atoms with van der Waals surface area (Å²) in [7, 11) is -2.79. The Hall–Kier alpha value is -3.92. The van der Waals surface area contributed by atoms with Crippen LogP contribution in [0.5, 0.6) is 5.75 Å². The van der Waals surface area contributed by atoms with Gasteiger partial charge in [0.25, 0.3) is 10.0 Å². The number of sulfonamides is 1. The van der Waals surface area contributed by atoms with Crippen LogP contribution in [0.2, 0.25) is 0 Å². The Balaban J connectivity index is 1.69. The zero-order valence-corrected chi connectivity index (χ0v) is 24.4. The standard InChI is InChI=1S/C31H36FN3O5S/c1-22-12-18-27(19-13-22)41(38,39)35(29-11-7-6-10-28(29)32)21-30(36)34(20-24-14-16-26(40-3)17-15-24)23(2)31(37)33-25-8-4-5-9-25/h6-7,10-19,23,25H,4-5,8-9,20-21H2,1-3H3,(H,33,37)/t23-/m1/s1. The Bertz CT molecular complexity index is 1460. The first kappa shape index (κ1) is 30.0. The summed E-state index contributed by atoms with van der Waals surface area (Å²) >= 11 is 0. The van der Waals surface area contributed by atoms with Crippen LogP contribution in [0, 0.1) is 12.7 Å². The number of halogens is 1. The van der Waals surface area contributed by atoms with Gasteiger partial charge in [0, 0.05) is 12.6 Å². The molecule has 1 N–H and O–H groups in total. The third-order valence-electron chi connectivity index (χ3n) is 7.39. The van der Waals surface area contributed by atoms with Gasteiger partial charge in [-0.05, 0) is 68.7 Å². The van der Waals surface area contributed by atoms with Crippen LogP contribution in [0.1, 0.15) is 43.7 Å². The third-order valence-corrected chi connectivity index (χ3v) is 9.16. The molecule has 10 heteroatoms. The van der Waals surface area contributed by atoms with Crippen molar-refractivity contribution in [2.24, 2.45) is 0 Å². The van der Waals surface area contributed by atoms with E-state index in [9.17, 15) is 18.0 Å². The van der Waals surface area contributed by atoms with Crippen molar-refractivity contribution in [1.82, 2.24) is 10.2 Å². The first-order chi connectivity index (χ1) is 19.6. The maximum absolute atomic E-state index is 15.0. The Labute approximate surface area is 241 Å². The number of nitrogens with one attached hydrogen (secondary N) is 1. The average Bonchev–Trinajstić information content (AvgIpc) is 3.48. The lowest BCUT2D eigenvalue weighted by atomic mass is 10.1. The highest BCUT2D eigenvalue weighted by atomic mass is 32.2. The lowest BCUT2D eigenvalue weighted by molar-refractivity contribution is -0.139. The van der Waals surface area contributed by atoms with Gasteiger partial charge in [-0.2, -0.15) is 0 Å². The van der Waals surface area contributed by atoms with Gasteiger partial charge in [-0.3, -0.25) is 13.9 Å². The molecule has 2 amide bonds. The highest BCUT2D eigenvalue weighted by molar-refractivity contribution is 7.92. The molecule has 3 aromatic carbocycles. The van der Waals surface area contributed by atoms with E-state index in [1.165, 1.54) is 35.2 Å². The summed E-state index contributed by atoms with van der Waals surface area (Å²) in [6.07, 6.45) is 3.81. The van der Waals surface area contributed by atoms with Gasteiger partial charge in [0.2, 0.25) is 11.8 Å². The summed E-state index contributed by atoms with van der Waals surface area (Å²) in [6.45, 7) is 2.78. The maximum Gasteiger partial charge on any atom is 0.264 e. The number of anilines is 1. The van der Waals surface area contributed by atoms with Crippen molar-refractivity contribution in [2.45, 2.75) is 63.1 Å². The minimum absolute atomic E-state index is 0.0395. The van der Waals surface area contributed by atoms with Crippen LogP contribution in [0.3, 0.4) is 0 Å². The van der Waals surface area contributed by atoms with Crippen molar-refractivity contribution in [3.05, 3.63) is 89.7 Å². The predicted molar refractivity (Wildman–Crippen MR) is 156 cm³/mol. The van der Waals surface area contributed by atoms with Gasteiger partial charge in [-0.15, -0.1) is 0 Å². The normalized spacial score (nSPS) is 14.3. The van der Waals surface area contributed by atoms with E-state index in [2.05, 4.69) is 5.32 Å². The molecule has 8 nitrogen and oxygen atoms in total. The number of benzene rings is 3. The van der Waals surface area contributed by atoms with Crippen LogP contribution in [-0.2, 0) is 26.2 Å². The zero-order valence-electron chi connectivity index (χ0n) is 23.5. The van der Waals surface area contributed by atoms with Gasteiger partial charge in [-0.25, -0.2) is 12.8 Å². The zero-order chi connectivity index (χ0) is 29.6. The lowest BCUT2D eigenvalue weighted by Gasteiger charge is -2.32. The van der Waals surface area contributed by atoms with Gasteiger partial charge >= 0.3 is 0 Å². The molecule has 1 atom stereocenters. The van der Waals surface area contributed by atoms with Gasteiger partial charge in [0.1, 0.15) is 24.2 Å². The number of carbonyl (C=O) groups is 2. The molecule has 218 valence electrons. The fourth-order valence-electron chi connectivity index (χ4n) is 4.91.